The van der Waals surface area contributed by atoms with Crippen LogP contribution in [0.5, 0.6) is 0 Å². The molecule has 1 aliphatic rings. The van der Waals surface area contributed by atoms with Gasteiger partial charge in [-0.2, -0.15) is 0 Å². The van der Waals surface area contributed by atoms with Crippen molar-refractivity contribution in [1.29, 1.82) is 0 Å². The van der Waals surface area contributed by atoms with Crippen LogP contribution in [0.3, 0.4) is 0 Å². The molecule has 0 bridgehead atoms. The molecular weight excluding hydrogens is 355 g/mol. The fraction of sp³-hybridized carbons (Fsp3) is 0.217. The van der Waals surface area contributed by atoms with E-state index in [1.165, 1.54) is 28.8 Å². The van der Waals surface area contributed by atoms with Crippen molar-refractivity contribution >= 4 is 33.3 Å². The zero-order chi connectivity index (χ0) is 17.7. The van der Waals surface area contributed by atoms with Crippen LogP contribution in [0.4, 0.5) is 0 Å². The molecule has 0 aromatic heterocycles. The Balaban J connectivity index is 2.10. The van der Waals surface area contributed by atoms with Crippen LogP contribution in [0.25, 0.3) is 0 Å². The second-order valence-corrected chi connectivity index (χ2v) is 13.9. The Morgan fingerprint density at radius 1 is 0.577 bits per heavy atom. The number of hydrogen-bond donors (Lipinski definition) is 0. The van der Waals surface area contributed by atoms with Crippen molar-refractivity contribution in [3.8, 4) is 0 Å². The van der Waals surface area contributed by atoms with Crippen molar-refractivity contribution < 1.29 is 4.52 Å². The summed E-state index contributed by atoms with van der Waals surface area (Å²) in [6.07, 6.45) is 3.63. The second kappa shape index (κ2) is 7.56. The summed E-state index contributed by atoms with van der Waals surface area (Å²) in [7, 11) is 0. The van der Waals surface area contributed by atoms with Gasteiger partial charge in [-0.05, 0) is 0 Å². The minimum atomic E-state index is -3.04. The molecule has 0 radical (unpaired) electrons. The molecule has 134 valence electrons. The summed E-state index contributed by atoms with van der Waals surface area (Å²) in [6, 6.07) is 29.8. The minimum absolute atomic E-state index is 0.809. The maximum atomic E-state index is 7.11. The molecule has 3 aromatic rings. The first kappa shape index (κ1) is 17.8. The van der Waals surface area contributed by atoms with Crippen LogP contribution in [0.15, 0.2) is 91.0 Å². The van der Waals surface area contributed by atoms with Crippen LogP contribution >= 0.6 is 17.4 Å². The van der Waals surface area contributed by atoms with E-state index in [2.05, 4.69) is 102 Å². The van der Waals surface area contributed by atoms with Gasteiger partial charge >= 0.3 is 160 Å². The molecule has 0 atom stereocenters. The average molecular weight is 380 g/mol. The van der Waals surface area contributed by atoms with Gasteiger partial charge in [-0.3, -0.25) is 0 Å². The Bertz CT molecular complexity index is 724. The average Bonchev–Trinajstić information content (AvgIpc) is 2.71. The van der Waals surface area contributed by atoms with Crippen molar-refractivity contribution in [3.63, 3.8) is 0 Å². The fourth-order valence-corrected chi connectivity index (χ4v) is 13.4. The SMILES string of the molecule is c1ccc(P2(c3ccccc3)(c3ccccc3)OCCCCCS2)cc1. The third-order valence-electron chi connectivity index (χ3n) is 5.14. The van der Waals surface area contributed by atoms with E-state index >= 15 is 0 Å². The first-order valence-corrected chi connectivity index (χ1v) is 13.1. The Morgan fingerprint density at radius 3 is 1.50 bits per heavy atom. The molecule has 1 saturated heterocycles. The Labute approximate surface area is 160 Å². The van der Waals surface area contributed by atoms with Gasteiger partial charge in [-0.25, -0.2) is 0 Å². The Morgan fingerprint density at radius 2 is 1.04 bits per heavy atom. The standard InChI is InChI=1S/C23H25OPS/c1-5-13-21(14-6-1)25(22-15-7-2-8-16-22,23-17-9-3-10-18-23)24-19-11-4-12-20-26-25/h1-3,5-10,13-18H,4,11-12,19-20H2. The third-order valence-corrected chi connectivity index (χ3v) is 14.7. The molecule has 1 fully saturated rings. The van der Waals surface area contributed by atoms with Gasteiger partial charge in [0.1, 0.15) is 0 Å². The van der Waals surface area contributed by atoms with E-state index in [0.29, 0.717) is 0 Å². The van der Waals surface area contributed by atoms with Crippen molar-refractivity contribution in [2.24, 2.45) is 0 Å². The number of benzene rings is 3. The zero-order valence-corrected chi connectivity index (χ0v) is 16.7. The molecule has 3 aromatic carbocycles. The number of rotatable bonds is 3. The van der Waals surface area contributed by atoms with Crippen molar-refractivity contribution in [1.82, 2.24) is 0 Å². The van der Waals surface area contributed by atoms with Gasteiger partial charge in [0.2, 0.25) is 0 Å². The van der Waals surface area contributed by atoms with Crippen LogP contribution in [0.2, 0.25) is 0 Å². The van der Waals surface area contributed by atoms with E-state index in [9.17, 15) is 0 Å². The van der Waals surface area contributed by atoms with E-state index in [-0.39, 0.29) is 0 Å². The summed E-state index contributed by atoms with van der Waals surface area (Å²) in [4.78, 5) is 0. The van der Waals surface area contributed by atoms with Gasteiger partial charge in [0.25, 0.3) is 0 Å². The van der Waals surface area contributed by atoms with Crippen LogP contribution in [0, 0.1) is 0 Å². The summed E-state index contributed by atoms with van der Waals surface area (Å²) in [5.41, 5.74) is 0. The first-order valence-electron chi connectivity index (χ1n) is 9.35. The quantitative estimate of drug-likeness (QED) is 0.572. The third kappa shape index (κ3) is 2.81. The van der Waals surface area contributed by atoms with E-state index in [0.717, 1.165) is 18.8 Å². The first-order chi connectivity index (χ1) is 12.9. The molecule has 0 N–H and O–H groups in total. The predicted octanol–water partition coefficient (Wildman–Crippen LogP) is 5.28. The van der Waals surface area contributed by atoms with E-state index < -0.39 is 6.03 Å². The molecule has 26 heavy (non-hydrogen) atoms. The molecular formula is C23H25OPS. The van der Waals surface area contributed by atoms with Crippen molar-refractivity contribution in [3.05, 3.63) is 91.0 Å². The molecule has 4 rings (SSSR count). The summed E-state index contributed by atoms with van der Waals surface area (Å²) in [6.45, 7) is 0.809. The van der Waals surface area contributed by atoms with Crippen molar-refractivity contribution in [2.75, 3.05) is 12.4 Å². The summed E-state index contributed by atoms with van der Waals surface area (Å²) in [5, 5.41) is 3.97. The Kier molecular flexibility index (Phi) is 5.18. The van der Waals surface area contributed by atoms with Crippen LogP contribution < -0.4 is 15.9 Å². The molecule has 0 spiro atoms. The topological polar surface area (TPSA) is 9.23 Å². The molecule has 0 unspecified atom stereocenters. The maximum absolute atomic E-state index is 7.11. The number of hydrogen-bond acceptors (Lipinski definition) is 2. The molecule has 0 aliphatic carbocycles. The van der Waals surface area contributed by atoms with E-state index in [1.807, 2.05) is 0 Å². The molecule has 1 heterocycles. The monoisotopic (exact) mass is 380 g/mol. The van der Waals surface area contributed by atoms with Gasteiger partial charge in [0.05, 0.1) is 0 Å². The summed E-state index contributed by atoms with van der Waals surface area (Å²) < 4.78 is 7.11. The molecule has 1 aliphatic heterocycles. The van der Waals surface area contributed by atoms with E-state index in [4.69, 9.17) is 4.52 Å². The van der Waals surface area contributed by atoms with Crippen molar-refractivity contribution in [2.45, 2.75) is 19.3 Å². The molecule has 0 amide bonds. The van der Waals surface area contributed by atoms with Crippen LogP contribution in [-0.2, 0) is 4.52 Å². The van der Waals surface area contributed by atoms with Gasteiger partial charge in [0.15, 0.2) is 0 Å². The zero-order valence-electron chi connectivity index (χ0n) is 15.0. The molecule has 3 heteroatoms. The summed E-state index contributed by atoms with van der Waals surface area (Å²) in [5.74, 6) is 1.12. The fourth-order valence-electron chi connectivity index (χ4n) is 3.89. The van der Waals surface area contributed by atoms with Gasteiger partial charge in [-0.1, -0.05) is 0 Å². The van der Waals surface area contributed by atoms with Gasteiger partial charge in [-0.15, -0.1) is 0 Å². The Hall–Kier alpha value is -1.60. The normalized spacial score (nSPS) is 20.8. The van der Waals surface area contributed by atoms with Gasteiger partial charge < -0.3 is 0 Å². The van der Waals surface area contributed by atoms with Crippen LogP contribution in [-0.4, -0.2) is 12.4 Å². The van der Waals surface area contributed by atoms with Crippen LogP contribution in [0.1, 0.15) is 19.3 Å². The molecule has 1 nitrogen and oxygen atoms in total. The predicted molar refractivity (Wildman–Crippen MR) is 117 cm³/mol. The van der Waals surface area contributed by atoms with E-state index in [1.54, 1.807) is 0 Å². The second-order valence-electron chi connectivity index (χ2n) is 6.69. The molecule has 0 saturated carbocycles. The summed E-state index contributed by atoms with van der Waals surface area (Å²) >= 11 is 2.06. The van der Waals surface area contributed by atoms with Gasteiger partial charge in [0, 0.05) is 0 Å².